The number of hydrogen-bond acceptors (Lipinski definition) is 1. The van der Waals surface area contributed by atoms with E-state index in [9.17, 15) is 0 Å². The molecule has 0 aliphatic carbocycles. The fourth-order valence-corrected chi connectivity index (χ4v) is 8.63. The lowest BCUT2D eigenvalue weighted by Gasteiger charge is -2.26. The van der Waals surface area contributed by atoms with Crippen molar-refractivity contribution < 1.29 is 0 Å². The summed E-state index contributed by atoms with van der Waals surface area (Å²) in [6.45, 7) is 0. The topological polar surface area (TPSA) is 8.17 Å². The molecule has 2 nitrogen and oxygen atoms in total. The minimum atomic E-state index is 1.09. The highest BCUT2D eigenvalue weighted by Gasteiger charge is 2.19. The molecule has 1 aromatic heterocycles. The maximum atomic E-state index is 2.44. The minimum Gasteiger partial charge on any atom is -0.311 e. The molecule has 11 rings (SSSR count). The summed E-state index contributed by atoms with van der Waals surface area (Å²) < 4.78 is 2.44. The minimum absolute atomic E-state index is 1.09. The Balaban J connectivity index is 1.04. The van der Waals surface area contributed by atoms with Crippen LogP contribution < -0.4 is 4.90 Å². The largest absolute Gasteiger partial charge is 0.311 e. The van der Waals surface area contributed by atoms with Crippen LogP contribution in [0.4, 0.5) is 17.1 Å². The normalized spacial score (nSPS) is 11.6. The third kappa shape index (κ3) is 5.34. The van der Waals surface area contributed by atoms with Gasteiger partial charge in [-0.1, -0.05) is 152 Å². The van der Waals surface area contributed by atoms with Crippen LogP contribution in [0, 0.1) is 0 Å². The van der Waals surface area contributed by atoms with E-state index in [4.69, 9.17) is 0 Å². The second-order valence-electron chi connectivity index (χ2n) is 14.6. The summed E-state index contributed by atoms with van der Waals surface area (Å²) in [5.41, 5.74) is 11.7. The molecular formula is C54H36N2. The highest BCUT2D eigenvalue weighted by molar-refractivity contribution is 6.28. The predicted octanol–water partition coefficient (Wildman–Crippen LogP) is 15.0. The Kier molecular flexibility index (Phi) is 7.53. The Hall–Kier alpha value is -7.42. The number of hydrogen-bond donors (Lipinski definition) is 0. The number of anilines is 3. The third-order valence-electron chi connectivity index (χ3n) is 11.4. The quantitative estimate of drug-likeness (QED) is 0.167. The van der Waals surface area contributed by atoms with Gasteiger partial charge in [-0.25, -0.2) is 0 Å². The van der Waals surface area contributed by atoms with Gasteiger partial charge in [-0.3, -0.25) is 0 Å². The van der Waals surface area contributed by atoms with Crippen LogP contribution in [0.1, 0.15) is 0 Å². The molecule has 0 N–H and O–H groups in total. The number of aromatic nitrogens is 1. The van der Waals surface area contributed by atoms with Gasteiger partial charge in [0.05, 0.1) is 11.0 Å². The zero-order chi connectivity index (χ0) is 37.0. The third-order valence-corrected chi connectivity index (χ3v) is 11.4. The fourth-order valence-electron chi connectivity index (χ4n) is 8.63. The Morgan fingerprint density at radius 3 is 1.27 bits per heavy atom. The van der Waals surface area contributed by atoms with E-state index in [1.807, 2.05) is 0 Å². The molecule has 262 valence electrons. The van der Waals surface area contributed by atoms with Crippen LogP contribution in [0.3, 0.4) is 0 Å². The smallest absolute Gasteiger partial charge is 0.0547 e. The van der Waals surface area contributed by atoms with E-state index in [2.05, 4.69) is 228 Å². The van der Waals surface area contributed by atoms with Crippen molar-refractivity contribution >= 4 is 71.2 Å². The lowest BCUT2D eigenvalue weighted by molar-refractivity contribution is 1.17. The van der Waals surface area contributed by atoms with E-state index in [1.54, 1.807) is 0 Å². The fraction of sp³-hybridized carbons (Fsp3) is 0. The van der Waals surface area contributed by atoms with Crippen molar-refractivity contribution in [1.82, 2.24) is 4.57 Å². The zero-order valence-electron chi connectivity index (χ0n) is 30.7. The van der Waals surface area contributed by atoms with E-state index < -0.39 is 0 Å². The summed E-state index contributed by atoms with van der Waals surface area (Å²) >= 11 is 0. The van der Waals surface area contributed by atoms with E-state index >= 15 is 0 Å². The van der Waals surface area contributed by atoms with E-state index in [0.29, 0.717) is 0 Å². The van der Waals surface area contributed by atoms with Crippen LogP contribution in [0.5, 0.6) is 0 Å². The van der Waals surface area contributed by atoms with E-state index in [-0.39, 0.29) is 0 Å². The van der Waals surface area contributed by atoms with Gasteiger partial charge in [-0.05, 0) is 121 Å². The zero-order valence-corrected chi connectivity index (χ0v) is 30.7. The highest BCUT2D eigenvalue weighted by Crippen LogP contribution is 2.42. The van der Waals surface area contributed by atoms with Gasteiger partial charge in [-0.2, -0.15) is 0 Å². The molecule has 0 unspecified atom stereocenters. The average Bonchev–Trinajstić information content (AvgIpc) is 3.63. The first-order valence-electron chi connectivity index (χ1n) is 19.3. The summed E-state index contributed by atoms with van der Waals surface area (Å²) in [7, 11) is 0. The van der Waals surface area contributed by atoms with Gasteiger partial charge in [0.25, 0.3) is 0 Å². The molecule has 0 saturated carbocycles. The molecule has 11 aromatic rings. The van der Waals surface area contributed by atoms with E-state index in [1.165, 1.54) is 76.4 Å². The van der Waals surface area contributed by atoms with Crippen LogP contribution in [-0.2, 0) is 0 Å². The van der Waals surface area contributed by atoms with Gasteiger partial charge in [0.15, 0.2) is 0 Å². The van der Waals surface area contributed by atoms with Crippen molar-refractivity contribution in [1.29, 1.82) is 0 Å². The highest BCUT2D eigenvalue weighted by atomic mass is 15.1. The monoisotopic (exact) mass is 712 g/mol. The second kappa shape index (κ2) is 13.2. The van der Waals surface area contributed by atoms with Crippen molar-refractivity contribution in [2.75, 3.05) is 4.90 Å². The molecule has 2 heteroatoms. The molecule has 0 aliphatic heterocycles. The molecule has 0 atom stereocenters. The molecule has 56 heavy (non-hydrogen) atoms. The maximum absolute atomic E-state index is 2.44. The maximum Gasteiger partial charge on any atom is 0.0547 e. The van der Waals surface area contributed by atoms with Gasteiger partial charge < -0.3 is 9.47 Å². The van der Waals surface area contributed by atoms with Crippen LogP contribution in [0.15, 0.2) is 218 Å². The van der Waals surface area contributed by atoms with Crippen molar-refractivity contribution in [2.45, 2.75) is 0 Å². The van der Waals surface area contributed by atoms with Crippen molar-refractivity contribution in [3.05, 3.63) is 218 Å². The molecule has 0 amide bonds. The summed E-state index contributed by atoms with van der Waals surface area (Å²) in [6, 6.07) is 79.4. The van der Waals surface area contributed by atoms with Crippen LogP contribution in [0.25, 0.3) is 82.1 Å². The Bertz CT molecular complexity index is 3120. The lowest BCUT2D eigenvalue weighted by atomic mass is 10.00. The standard InChI is InChI=1S/C54H36N2/c1-2-10-37(11-3-1)39-20-26-45(27-21-39)55(46-28-22-40(23-29-46)44-19-18-38-12-4-5-15-43(38)36-44)47-30-32-48(33-31-47)56-51-34-24-41-13-6-8-16-49(41)53(51)54-50-17-9-7-14-42(50)25-35-52(54)56/h1-36H. The second-order valence-corrected chi connectivity index (χ2v) is 14.6. The molecule has 1 heterocycles. The summed E-state index contributed by atoms with van der Waals surface area (Å²) in [5, 5.41) is 10.2. The van der Waals surface area contributed by atoms with Gasteiger partial charge in [0, 0.05) is 33.5 Å². The Morgan fingerprint density at radius 2 is 0.696 bits per heavy atom. The average molecular weight is 713 g/mol. The SMILES string of the molecule is c1ccc(-c2ccc(N(c3ccc(-c4ccc5ccccc5c4)cc3)c3ccc(-n4c5ccc6ccccc6c5c5c6ccccc6ccc54)cc3)cc2)cc1. The molecule has 0 bridgehead atoms. The van der Waals surface area contributed by atoms with Gasteiger partial charge in [0.1, 0.15) is 0 Å². The van der Waals surface area contributed by atoms with Crippen molar-refractivity contribution in [3.8, 4) is 27.9 Å². The van der Waals surface area contributed by atoms with Crippen LogP contribution in [-0.4, -0.2) is 4.57 Å². The molecule has 0 radical (unpaired) electrons. The Morgan fingerprint density at radius 1 is 0.286 bits per heavy atom. The van der Waals surface area contributed by atoms with Crippen LogP contribution >= 0.6 is 0 Å². The molecular weight excluding hydrogens is 677 g/mol. The van der Waals surface area contributed by atoms with Gasteiger partial charge in [0.2, 0.25) is 0 Å². The van der Waals surface area contributed by atoms with Crippen molar-refractivity contribution in [3.63, 3.8) is 0 Å². The molecule has 0 aliphatic rings. The predicted molar refractivity (Wildman–Crippen MR) is 239 cm³/mol. The Labute approximate surface area is 325 Å². The number of rotatable bonds is 6. The van der Waals surface area contributed by atoms with E-state index in [0.717, 1.165) is 22.7 Å². The summed E-state index contributed by atoms with van der Waals surface area (Å²) in [5.74, 6) is 0. The molecule has 0 saturated heterocycles. The number of benzene rings is 10. The van der Waals surface area contributed by atoms with Gasteiger partial charge in [-0.15, -0.1) is 0 Å². The summed E-state index contributed by atoms with van der Waals surface area (Å²) in [6.07, 6.45) is 0. The number of nitrogens with zero attached hydrogens (tertiary/aromatic N) is 2. The molecule has 10 aromatic carbocycles. The lowest BCUT2D eigenvalue weighted by Crippen LogP contribution is -2.10. The molecule has 0 spiro atoms. The first-order chi connectivity index (χ1) is 27.8. The van der Waals surface area contributed by atoms with Crippen molar-refractivity contribution in [2.24, 2.45) is 0 Å². The van der Waals surface area contributed by atoms with Crippen LogP contribution in [0.2, 0.25) is 0 Å². The molecule has 0 fully saturated rings. The van der Waals surface area contributed by atoms with Gasteiger partial charge >= 0.3 is 0 Å². The number of fused-ring (bicyclic) bond motifs is 8. The summed E-state index contributed by atoms with van der Waals surface area (Å²) in [4.78, 5) is 2.36. The first-order valence-corrected chi connectivity index (χ1v) is 19.3. The first kappa shape index (κ1) is 32.0.